The van der Waals surface area contributed by atoms with E-state index in [1.54, 1.807) is 25.3 Å². The molecule has 0 aliphatic heterocycles. The molecule has 6 heteroatoms. The van der Waals surface area contributed by atoms with Crippen LogP contribution < -0.4 is 10.2 Å². The number of aromatic nitrogens is 1. The molecule has 20 heavy (non-hydrogen) atoms. The molecule has 1 aromatic heterocycles. The molecule has 5 nitrogen and oxygen atoms in total. The number of nitrogens with one attached hydrogen (secondary N) is 2. The molecule has 0 atom stereocenters. The van der Waals surface area contributed by atoms with Gasteiger partial charge in [0.15, 0.2) is 18.2 Å². The van der Waals surface area contributed by atoms with E-state index in [1.807, 2.05) is 12.1 Å². The van der Waals surface area contributed by atoms with Gasteiger partial charge in [0.25, 0.3) is 5.91 Å². The van der Waals surface area contributed by atoms with E-state index in [1.165, 1.54) is 12.1 Å². The minimum Gasteiger partial charge on any atom is -0.481 e. The number of aromatic amines is 1. The fourth-order valence-corrected chi connectivity index (χ4v) is 1.50. The van der Waals surface area contributed by atoms with Crippen molar-refractivity contribution < 1.29 is 13.9 Å². The first-order chi connectivity index (χ1) is 9.66. The van der Waals surface area contributed by atoms with Crippen molar-refractivity contribution >= 4 is 11.6 Å². The van der Waals surface area contributed by atoms with Gasteiger partial charge in [0, 0.05) is 6.20 Å². The largest absolute Gasteiger partial charge is 0.481 e. The van der Waals surface area contributed by atoms with Crippen LogP contribution >= 0.6 is 0 Å². The highest BCUT2D eigenvalue weighted by molar-refractivity contribution is 5.97. The van der Waals surface area contributed by atoms with E-state index in [-0.39, 0.29) is 12.4 Å². The number of hydrazone groups is 1. The van der Waals surface area contributed by atoms with Gasteiger partial charge >= 0.3 is 0 Å². The van der Waals surface area contributed by atoms with Gasteiger partial charge in [-0.2, -0.15) is 5.10 Å². The van der Waals surface area contributed by atoms with Crippen LogP contribution in [0.1, 0.15) is 12.6 Å². The first-order valence-electron chi connectivity index (χ1n) is 6.01. The van der Waals surface area contributed by atoms with Gasteiger partial charge in [-0.3, -0.25) is 4.79 Å². The number of amides is 1. The summed E-state index contributed by atoms with van der Waals surface area (Å²) in [6, 6.07) is 9.56. The Morgan fingerprint density at radius 1 is 1.35 bits per heavy atom. The molecule has 1 aromatic carbocycles. The Balaban J connectivity index is 1.84. The Hall–Kier alpha value is -2.63. The number of carbonyl (C=O) groups excluding carboxylic acids is 1. The zero-order chi connectivity index (χ0) is 14.4. The summed E-state index contributed by atoms with van der Waals surface area (Å²) in [6.07, 6.45) is 1.76. The summed E-state index contributed by atoms with van der Waals surface area (Å²) in [7, 11) is 0. The molecule has 0 fully saturated rings. The zero-order valence-electron chi connectivity index (χ0n) is 10.9. The van der Waals surface area contributed by atoms with Crippen molar-refractivity contribution in [2.24, 2.45) is 5.10 Å². The van der Waals surface area contributed by atoms with Crippen LogP contribution in [-0.2, 0) is 4.79 Å². The average Bonchev–Trinajstić information content (AvgIpc) is 2.98. The van der Waals surface area contributed by atoms with Crippen LogP contribution in [0.3, 0.4) is 0 Å². The van der Waals surface area contributed by atoms with E-state index in [4.69, 9.17) is 4.74 Å². The van der Waals surface area contributed by atoms with Gasteiger partial charge in [0.2, 0.25) is 0 Å². The smallest absolute Gasteiger partial charge is 0.277 e. The van der Waals surface area contributed by atoms with Crippen LogP contribution in [0.5, 0.6) is 5.75 Å². The lowest BCUT2D eigenvalue weighted by atomic mass is 10.3. The quantitative estimate of drug-likeness (QED) is 0.648. The summed E-state index contributed by atoms with van der Waals surface area (Å²) in [6.45, 7) is 1.45. The molecular weight excluding hydrogens is 261 g/mol. The number of halogens is 1. The lowest BCUT2D eigenvalue weighted by Crippen LogP contribution is -2.25. The van der Waals surface area contributed by atoms with Gasteiger partial charge in [0.1, 0.15) is 0 Å². The van der Waals surface area contributed by atoms with Gasteiger partial charge in [-0.1, -0.05) is 12.1 Å². The number of hydrogen-bond acceptors (Lipinski definition) is 3. The van der Waals surface area contributed by atoms with E-state index >= 15 is 0 Å². The van der Waals surface area contributed by atoms with E-state index < -0.39 is 11.7 Å². The first-order valence-corrected chi connectivity index (χ1v) is 6.01. The van der Waals surface area contributed by atoms with Crippen LogP contribution in [0.25, 0.3) is 0 Å². The average molecular weight is 275 g/mol. The Morgan fingerprint density at radius 2 is 2.15 bits per heavy atom. The second kappa shape index (κ2) is 6.51. The summed E-state index contributed by atoms with van der Waals surface area (Å²) in [4.78, 5) is 14.5. The number of para-hydroxylation sites is 1. The molecule has 0 saturated heterocycles. The first kappa shape index (κ1) is 13.8. The zero-order valence-corrected chi connectivity index (χ0v) is 10.9. The van der Waals surface area contributed by atoms with Crippen LogP contribution in [0, 0.1) is 5.82 Å². The predicted molar refractivity (Wildman–Crippen MR) is 73.0 cm³/mol. The van der Waals surface area contributed by atoms with E-state index in [2.05, 4.69) is 15.5 Å². The van der Waals surface area contributed by atoms with Crippen molar-refractivity contribution in [3.05, 3.63) is 54.1 Å². The SMILES string of the molecule is C/C(=N\NC(=O)COc1ccccc1F)c1ccc[nH]1. The van der Waals surface area contributed by atoms with E-state index in [9.17, 15) is 9.18 Å². The molecule has 0 bridgehead atoms. The minimum atomic E-state index is -0.508. The monoisotopic (exact) mass is 275 g/mol. The van der Waals surface area contributed by atoms with Gasteiger partial charge < -0.3 is 9.72 Å². The Labute approximate surface area is 115 Å². The Kier molecular flexibility index (Phi) is 4.49. The molecular formula is C14H14FN3O2. The van der Waals surface area contributed by atoms with Gasteiger partial charge in [-0.05, 0) is 31.2 Å². The number of nitrogens with zero attached hydrogens (tertiary/aromatic N) is 1. The number of hydrogen-bond donors (Lipinski definition) is 2. The third-order valence-electron chi connectivity index (χ3n) is 2.53. The van der Waals surface area contributed by atoms with Crippen LogP contribution in [-0.4, -0.2) is 23.2 Å². The fourth-order valence-electron chi connectivity index (χ4n) is 1.50. The molecule has 0 saturated carbocycles. The molecule has 104 valence electrons. The van der Waals surface area contributed by atoms with Crippen molar-refractivity contribution in [2.75, 3.05) is 6.61 Å². The minimum absolute atomic E-state index is 0.0349. The molecule has 2 N–H and O–H groups in total. The summed E-state index contributed by atoms with van der Waals surface area (Å²) < 4.78 is 18.3. The topological polar surface area (TPSA) is 66.5 Å². The lowest BCUT2D eigenvalue weighted by molar-refractivity contribution is -0.123. The number of ether oxygens (including phenoxy) is 1. The molecule has 2 aromatic rings. The lowest BCUT2D eigenvalue weighted by Gasteiger charge is -2.06. The summed E-state index contributed by atoms with van der Waals surface area (Å²) in [5.41, 5.74) is 3.78. The molecule has 0 spiro atoms. The number of benzene rings is 1. The second-order valence-electron chi connectivity index (χ2n) is 4.04. The summed E-state index contributed by atoms with van der Waals surface area (Å²) >= 11 is 0. The van der Waals surface area contributed by atoms with Crippen LogP contribution in [0.2, 0.25) is 0 Å². The number of H-pyrrole nitrogens is 1. The maximum Gasteiger partial charge on any atom is 0.277 e. The molecule has 0 unspecified atom stereocenters. The van der Waals surface area contributed by atoms with Gasteiger partial charge in [0.05, 0.1) is 11.4 Å². The van der Waals surface area contributed by atoms with Crippen molar-refractivity contribution in [2.45, 2.75) is 6.92 Å². The summed E-state index contributed by atoms with van der Waals surface area (Å²) in [5.74, 6) is -0.932. The highest BCUT2D eigenvalue weighted by Crippen LogP contribution is 2.14. The fraction of sp³-hybridized carbons (Fsp3) is 0.143. The molecule has 0 radical (unpaired) electrons. The third-order valence-corrected chi connectivity index (χ3v) is 2.53. The third kappa shape index (κ3) is 3.68. The standard InChI is InChI=1S/C14H14FN3O2/c1-10(12-6-4-8-16-12)17-18-14(19)9-20-13-7-3-2-5-11(13)15/h2-8,16H,9H2,1H3,(H,18,19)/b17-10+. The molecule has 0 aliphatic rings. The number of carbonyl (C=O) groups is 1. The molecule has 1 amide bonds. The highest BCUT2D eigenvalue weighted by atomic mass is 19.1. The maximum absolute atomic E-state index is 13.3. The molecule has 1 heterocycles. The number of rotatable bonds is 5. The highest BCUT2D eigenvalue weighted by Gasteiger charge is 2.06. The normalized spacial score (nSPS) is 11.2. The molecule has 2 rings (SSSR count). The van der Waals surface area contributed by atoms with Crippen molar-refractivity contribution in [1.82, 2.24) is 10.4 Å². The Bertz CT molecular complexity index is 609. The molecule has 0 aliphatic carbocycles. The second-order valence-corrected chi connectivity index (χ2v) is 4.04. The van der Waals surface area contributed by atoms with Gasteiger partial charge in [-0.25, -0.2) is 9.82 Å². The van der Waals surface area contributed by atoms with Crippen molar-refractivity contribution in [3.8, 4) is 5.75 Å². The van der Waals surface area contributed by atoms with Crippen LogP contribution in [0.15, 0.2) is 47.7 Å². The van der Waals surface area contributed by atoms with Crippen molar-refractivity contribution in [3.63, 3.8) is 0 Å². The van der Waals surface area contributed by atoms with E-state index in [0.717, 1.165) is 5.69 Å². The van der Waals surface area contributed by atoms with Crippen LogP contribution in [0.4, 0.5) is 4.39 Å². The summed E-state index contributed by atoms with van der Waals surface area (Å²) in [5, 5.41) is 3.91. The van der Waals surface area contributed by atoms with Gasteiger partial charge in [-0.15, -0.1) is 0 Å². The van der Waals surface area contributed by atoms with E-state index in [0.29, 0.717) is 5.71 Å². The van der Waals surface area contributed by atoms with Crippen molar-refractivity contribution in [1.29, 1.82) is 0 Å². The maximum atomic E-state index is 13.3. The Morgan fingerprint density at radius 3 is 2.85 bits per heavy atom. The predicted octanol–water partition coefficient (Wildman–Crippen LogP) is 2.07.